The molecular weight excluding hydrogens is 432 g/mol. The number of aryl methyl sites for hydroxylation is 1. The standard InChI is InChI=1S/C26H32N4O4/c1-28-11-8-27-21(28)13-22(32)30-10-7-26(33)19-12-17-4-5-18(31)24-23(17)25(26,20(15-30)34-24)6-9-29(19)14-16-2-3-16/h4-5,8,11,16,19-20,31,33H,2-3,6-7,9-10,12-15H2,1H3/t19-,20+,25-,26-/m1/s1. The lowest BCUT2D eigenvalue weighted by molar-refractivity contribution is -0.162. The van der Waals surface area contributed by atoms with Crippen molar-refractivity contribution in [3.8, 4) is 11.5 Å². The van der Waals surface area contributed by atoms with Crippen molar-refractivity contribution in [1.29, 1.82) is 0 Å². The molecule has 2 aliphatic carbocycles. The van der Waals surface area contributed by atoms with Crippen molar-refractivity contribution in [1.82, 2.24) is 19.4 Å². The number of benzene rings is 1. The number of imidazole rings is 1. The number of hydrogen-bond acceptors (Lipinski definition) is 6. The van der Waals surface area contributed by atoms with Crippen molar-refractivity contribution in [3.63, 3.8) is 0 Å². The van der Waals surface area contributed by atoms with Crippen molar-refractivity contribution >= 4 is 5.91 Å². The summed E-state index contributed by atoms with van der Waals surface area (Å²) in [5, 5.41) is 23.3. The van der Waals surface area contributed by atoms with Gasteiger partial charge in [-0.15, -0.1) is 0 Å². The Labute approximate surface area is 199 Å². The third-order valence-corrected chi connectivity index (χ3v) is 9.37. The first-order valence-corrected chi connectivity index (χ1v) is 12.6. The largest absolute Gasteiger partial charge is 0.504 e. The lowest BCUT2D eigenvalue weighted by Crippen LogP contribution is -2.74. The van der Waals surface area contributed by atoms with Crippen molar-refractivity contribution in [2.45, 2.75) is 61.7 Å². The Balaban J connectivity index is 1.30. The molecule has 1 aromatic carbocycles. The number of ether oxygens (including phenoxy) is 1. The van der Waals surface area contributed by atoms with Crippen LogP contribution in [0.5, 0.6) is 11.5 Å². The number of likely N-dealkylation sites (tertiary alicyclic amines) is 2. The molecule has 8 nitrogen and oxygen atoms in total. The van der Waals surface area contributed by atoms with Crippen LogP contribution in [0.25, 0.3) is 0 Å². The summed E-state index contributed by atoms with van der Waals surface area (Å²) in [6.45, 7) is 2.86. The Kier molecular flexibility index (Phi) is 4.26. The first-order valence-electron chi connectivity index (χ1n) is 12.6. The summed E-state index contributed by atoms with van der Waals surface area (Å²) in [4.78, 5) is 22.1. The zero-order valence-electron chi connectivity index (χ0n) is 19.6. The van der Waals surface area contributed by atoms with Gasteiger partial charge in [-0.3, -0.25) is 9.69 Å². The number of phenols is 1. The molecule has 5 aliphatic rings. The van der Waals surface area contributed by atoms with Gasteiger partial charge in [0.05, 0.1) is 24.0 Å². The van der Waals surface area contributed by atoms with E-state index in [0.29, 0.717) is 25.3 Å². The maximum Gasteiger partial charge on any atom is 0.230 e. The molecule has 7 rings (SSSR count). The summed E-state index contributed by atoms with van der Waals surface area (Å²) in [6.07, 6.45) is 8.01. The van der Waals surface area contributed by atoms with E-state index in [2.05, 4.69) is 9.88 Å². The number of hydrogen-bond donors (Lipinski definition) is 2. The van der Waals surface area contributed by atoms with Crippen LogP contribution in [0.1, 0.15) is 42.6 Å². The molecule has 1 aromatic heterocycles. The van der Waals surface area contributed by atoms with Crippen molar-refractivity contribution in [2.24, 2.45) is 13.0 Å². The Morgan fingerprint density at radius 1 is 1.26 bits per heavy atom. The third-order valence-electron chi connectivity index (χ3n) is 9.37. The second kappa shape index (κ2) is 6.98. The third kappa shape index (κ3) is 2.67. The fourth-order valence-electron chi connectivity index (χ4n) is 7.44. The number of carbonyl (C=O) groups is 1. The Bertz CT molecular complexity index is 1180. The van der Waals surface area contributed by atoms with Crippen LogP contribution in [0.2, 0.25) is 0 Å². The minimum atomic E-state index is -1.00. The molecule has 2 aromatic rings. The first-order chi connectivity index (χ1) is 16.4. The van der Waals surface area contributed by atoms with Crippen LogP contribution in [0.15, 0.2) is 24.5 Å². The SMILES string of the molecule is Cn1ccnc1CC(=O)N1CC[C@@]2(O)[C@H]3Cc4ccc(O)c5c4[C@@]2(CCN3CC2CC2)[C@H](C1)O5. The van der Waals surface area contributed by atoms with E-state index >= 15 is 0 Å². The fourth-order valence-corrected chi connectivity index (χ4v) is 7.44. The molecule has 180 valence electrons. The van der Waals surface area contributed by atoms with Crippen LogP contribution in [-0.4, -0.2) is 79.4 Å². The minimum Gasteiger partial charge on any atom is -0.504 e. The van der Waals surface area contributed by atoms with Gasteiger partial charge in [0.2, 0.25) is 5.91 Å². The topological polar surface area (TPSA) is 91.1 Å². The Morgan fingerprint density at radius 2 is 2.12 bits per heavy atom. The molecule has 2 bridgehead atoms. The number of piperidine rings is 1. The molecule has 0 unspecified atom stereocenters. The number of aliphatic hydroxyl groups is 1. The van der Waals surface area contributed by atoms with Gasteiger partial charge in [-0.2, -0.15) is 0 Å². The van der Waals surface area contributed by atoms with Crippen molar-refractivity contribution < 1.29 is 19.7 Å². The first kappa shape index (κ1) is 20.8. The van der Waals surface area contributed by atoms with Gasteiger partial charge in [0, 0.05) is 44.1 Å². The molecular formula is C26H32N4O4. The zero-order valence-corrected chi connectivity index (χ0v) is 19.6. The van der Waals surface area contributed by atoms with E-state index < -0.39 is 11.0 Å². The van der Waals surface area contributed by atoms with Gasteiger partial charge in [-0.1, -0.05) is 6.07 Å². The average Bonchev–Trinajstić information content (AvgIpc) is 3.47. The normalized spacial score (nSPS) is 33.9. The molecule has 3 aliphatic heterocycles. The minimum absolute atomic E-state index is 0.000496. The molecule has 8 heteroatoms. The molecule has 1 spiro atoms. The predicted octanol–water partition coefficient (Wildman–Crippen LogP) is 1.37. The molecule has 4 atom stereocenters. The highest BCUT2D eigenvalue weighted by Crippen LogP contribution is 2.63. The molecule has 34 heavy (non-hydrogen) atoms. The van der Waals surface area contributed by atoms with Gasteiger partial charge in [0.1, 0.15) is 11.9 Å². The number of aromatic hydroxyl groups is 1. The highest BCUT2D eigenvalue weighted by Gasteiger charge is 2.71. The number of nitrogens with zero attached hydrogens (tertiary/aromatic N) is 4. The Morgan fingerprint density at radius 3 is 2.88 bits per heavy atom. The smallest absolute Gasteiger partial charge is 0.230 e. The quantitative estimate of drug-likeness (QED) is 0.710. The monoisotopic (exact) mass is 464 g/mol. The van der Waals surface area contributed by atoms with E-state index in [4.69, 9.17) is 4.74 Å². The number of amides is 1. The van der Waals surface area contributed by atoms with Crippen LogP contribution in [0, 0.1) is 5.92 Å². The maximum absolute atomic E-state index is 13.4. The number of rotatable bonds is 4. The van der Waals surface area contributed by atoms with E-state index in [1.54, 1.807) is 12.3 Å². The average molecular weight is 465 g/mol. The second-order valence-corrected chi connectivity index (χ2v) is 11.1. The molecule has 2 saturated heterocycles. The molecule has 3 fully saturated rings. The fraction of sp³-hybridized carbons (Fsp3) is 0.615. The van der Waals surface area contributed by atoms with Gasteiger partial charge in [-0.25, -0.2) is 4.98 Å². The molecule has 1 saturated carbocycles. The van der Waals surface area contributed by atoms with Gasteiger partial charge in [0.15, 0.2) is 11.5 Å². The van der Waals surface area contributed by atoms with Crippen LogP contribution in [0.4, 0.5) is 0 Å². The number of carbonyl (C=O) groups excluding carboxylic acids is 1. The van der Waals surface area contributed by atoms with Gasteiger partial charge in [-0.05, 0) is 56.2 Å². The van der Waals surface area contributed by atoms with Crippen molar-refractivity contribution in [2.75, 3.05) is 26.2 Å². The summed E-state index contributed by atoms with van der Waals surface area (Å²) in [5.41, 5.74) is 0.575. The zero-order chi connectivity index (χ0) is 23.2. The summed E-state index contributed by atoms with van der Waals surface area (Å²) >= 11 is 0. The van der Waals surface area contributed by atoms with Crippen molar-refractivity contribution in [3.05, 3.63) is 41.5 Å². The van der Waals surface area contributed by atoms with Gasteiger partial charge in [0.25, 0.3) is 0 Å². The van der Waals surface area contributed by atoms with Crippen LogP contribution < -0.4 is 4.74 Å². The van der Waals surface area contributed by atoms with E-state index in [1.807, 2.05) is 28.8 Å². The maximum atomic E-state index is 13.4. The molecule has 1 amide bonds. The van der Waals surface area contributed by atoms with E-state index in [-0.39, 0.29) is 30.2 Å². The van der Waals surface area contributed by atoms with E-state index in [0.717, 1.165) is 43.2 Å². The summed E-state index contributed by atoms with van der Waals surface area (Å²) in [7, 11) is 1.90. The van der Waals surface area contributed by atoms with E-state index in [9.17, 15) is 15.0 Å². The summed E-state index contributed by atoms with van der Waals surface area (Å²) < 4.78 is 8.35. The van der Waals surface area contributed by atoms with Crippen LogP contribution >= 0.6 is 0 Å². The molecule has 2 N–H and O–H groups in total. The highest BCUT2D eigenvalue weighted by atomic mass is 16.5. The van der Waals surface area contributed by atoms with Gasteiger partial charge >= 0.3 is 0 Å². The summed E-state index contributed by atoms with van der Waals surface area (Å²) in [6, 6.07) is 3.75. The lowest BCUT2D eigenvalue weighted by Gasteiger charge is -2.60. The predicted molar refractivity (Wildman–Crippen MR) is 124 cm³/mol. The molecule has 4 heterocycles. The van der Waals surface area contributed by atoms with Crippen LogP contribution in [0.3, 0.4) is 0 Å². The summed E-state index contributed by atoms with van der Waals surface area (Å²) in [5.74, 6) is 2.13. The van der Waals surface area contributed by atoms with Crippen LogP contribution in [-0.2, 0) is 30.1 Å². The molecule has 0 radical (unpaired) electrons. The number of phenolic OH excluding ortho intramolecular Hbond substituents is 1. The van der Waals surface area contributed by atoms with Gasteiger partial charge < -0.3 is 24.4 Å². The second-order valence-electron chi connectivity index (χ2n) is 11.1. The highest BCUT2D eigenvalue weighted by molar-refractivity contribution is 5.78. The Hall–Kier alpha value is -2.58. The van der Waals surface area contributed by atoms with E-state index in [1.165, 1.54) is 18.4 Å². The number of aromatic nitrogens is 2. The lowest BCUT2D eigenvalue weighted by atomic mass is 9.52.